The summed E-state index contributed by atoms with van der Waals surface area (Å²) in [5.74, 6) is 0.0728. The fourth-order valence-corrected chi connectivity index (χ4v) is 4.77. The lowest BCUT2D eigenvalue weighted by atomic mass is 9.97. The van der Waals surface area contributed by atoms with Crippen molar-refractivity contribution in [2.24, 2.45) is 11.5 Å². The maximum Gasteiger partial charge on any atom is 0.251 e. The first-order chi connectivity index (χ1) is 18.3. The average molecular weight is 516 g/mol. The number of nitrogens with one attached hydrogen (secondary N) is 3. The number of guanidine groups is 2. The average Bonchev–Trinajstić information content (AvgIpc) is 3.42. The van der Waals surface area contributed by atoms with Gasteiger partial charge in [0.05, 0.1) is 11.1 Å². The second-order valence-electron chi connectivity index (χ2n) is 9.24. The van der Waals surface area contributed by atoms with Crippen molar-refractivity contribution in [2.75, 3.05) is 38.5 Å². The molecule has 7 N–H and O–H groups in total. The van der Waals surface area contributed by atoms with E-state index in [2.05, 4.69) is 21.6 Å². The molecule has 0 fully saturated rings. The Labute approximate surface area is 219 Å². The van der Waals surface area contributed by atoms with E-state index >= 15 is 4.39 Å². The highest BCUT2D eigenvalue weighted by molar-refractivity contribution is 5.81. The van der Waals surface area contributed by atoms with Gasteiger partial charge in [-0.15, -0.1) is 10.2 Å². The van der Waals surface area contributed by atoms with E-state index in [-0.39, 0.29) is 23.4 Å². The molecule has 5 rings (SSSR count). The van der Waals surface area contributed by atoms with Crippen LogP contribution in [0.5, 0.6) is 0 Å². The van der Waals surface area contributed by atoms with Crippen molar-refractivity contribution >= 4 is 28.8 Å². The van der Waals surface area contributed by atoms with E-state index in [0.29, 0.717) is 38.5 Å². The number of nitrogens with zero attached hydrogens (tertiary/aromatic N) is 4. The van der Waals surface area contributed by atoms with Crippen molar-refractivity contribution in [3.63, 3.8) is 0 Å². The van der Waals surface area contributed by atoms with Gasteiger partial charge in [-0.2, -0.15) is 0 Å². The van der Waals surface area contributed by atoms with Crippen molar-refractivity contribution in [1.29, 1.82) is 10.8 Å². The Morgan fingerprint density at radius 2 is 1.39 bits per heavy atom. The summed E-state index contributed by atoms with van der Waals surface area (Å²) < 4.78 is 21.0. The lowest BCUT2D eigenvalue weighted by Gasteiger charge is -2.26. The largest absolute Gasteiger partial charge is 0.416 e. The number of halogens is 1. The van der Waals surface area contributed by atoms with Crippen LogP contribution in [-0.2, 0) is 0 Å². The first kappa shape index (κ1) is 25.0. The van der Waals surface area contributed by atoms with E-state index in [9.17, 15) is 0 Å². The van der Waals surface area contributed by atoms with E-state index in [1.807, 2.05) is 42.3 Å². The Hall–Kier alpha value is -4.67. The highest BCUT2D eigenvalue weighted by atomic mass is 19.1. The maximum atomic E-state index is 15.1. The van der Waals surface area contributed by atoms with Crippen LogP contribution in [0.1, 0.15) is 24.0 Å². The molecule has 0 aliphatic carbocycles. The molecule has 0 bridgehead atoms. The van der Waals surface area contributed by atoms with Gasteiger partial charge in [-0.1, -0.05) is 24.3 Å². The molecule has 0 atom stereocenters. The highest BCUT2D eigenvalue weighted by Gasteiger charge is 2.20. The van der Waals surface area contributed by atoms with Crippen LogP contribution in [0.4, 0.5) is 10.1 Å². The Kier molecular flexibility index (Phi) is 6.82. The third-order valence-electron chi connectivity index (χ3n) is 6.99. The van der Waals surface area contributed by atoms with Gasteiger partial charge in [0.15, 0.2) is 11.9 Å². The minimum absolute atomic E-state index is 0.0391. The van der Waals surface area contributed by atoms with E-state index in [1.54, 1.807) is 11.0 Å². The van der Waals surface area contributed by atoms with Crippen LogP contribution in [-0.4, -0.2) is 65.1 Å². The number of hydrogen-bond acceptors (Lipinski definition) is 6. The molecule has 0 radical (unpaired) electrons. The van der Waals surface area contributed by atoms with Gasteiger partial charge in [0.25, 0.3) is 5.89 Å². The number of aromatic nitrogens is 2. The third kappa shape index (κ3) is 4.95. The Bertz CT molecular complexity index is 1460. The number of benzene rings is 2. The van der Waals surface area contributed by atoms with Crippen molar-refractivity contribution in [3.05, 3.63) is 65.5 Å². The molecule has 196 valence electrons. The van der Waals surface area contributed by atoms with Gasteiger partial charge in [0.1, 0.15) is 5.82 Å². The minimum Gasteiger partial charge on any atom is -0.416 e. The topological polar surface area (TPSA) is 157 Å². The normalized spacial score (nSPS) is 15.6. The predicted octanol–water partition coefficient (Wildman–Crippen LogP) is 3.55. The summed E-state index contributed by atoms with van der Waals surface area (Å²) in [4.78, 5) is 3.57. The molecule has 2 aliphatic rings. The van der Waals surface area contributed by atoms with Gasteiger partial charge >= 0.3 is 0 Å². The monoisotopic (exact) mass is 515 g/mol. The van der Waals surface area contributed by atoms with Crippen molar-refractivity contribution in [2.45, 2.75) is 12.8 Å². The zero-order valence-electron chi connectivity index (χ0n) is 21.1. The summed E-state index contributed by atoms with van der Waals surface area (Å²) in [6.45, 7) is 2.45. The van der Waals surface area contributed by atoms with Gasteiger partial charge in [-0.3, -0.25) is 10.8 Å². The zero-order chi connectivity index (χ0) is 26.8. The molecule has 2 aliphatic heterocycles. The first-order valence-electron chi connectivity index (χ1n) is 12.4. The molecule has 0 unspecified atom stereocenters. The molecule has 38 heavy (non-hydrogen) atoms. The summed E-state index contributed by atoms with van der Waals surface area (Å²) in [6.07, 6.45) is 5.51. The molecule has 2 aromatic carbocycles. The van der Waals surface area contributed by atoms with E-state index < -0.39 is 5.82 Å². The van der Waals surface area contributed by atoms with Gasteiger partial charge in [0.2, 0.25) is 5.89 Å². The molecule has 3 aromatic rings. The highest BCUT2D eigenvalue weighted by Crippen LogP contribution is 2.34. The van der Waals surface area contributed by atoms with Crippen LogP contribution >= 0.6 is 0 Å². The number of hydrogen-bond donors (Lipinski definition) is 5. The summed E-state index contributed by atoms with van der Waals surface area (Å²) in [7, 11) is 1.82. The SMILES string of the molecule is CNc1cc(C2=CCN(C(=N)N)CC2)ccc1-c1nnc(-c2ccc(C3=CCN(C(=N)N)CC3)cc2F)o1. The Morgan fingerprint density at radius 1 is 0.868 bits per heavy atom. The fraction of sp³-hybridized carbons (Fsp3) is 0.259. The van der Waals surface area contributed by atoms with Gasteiger partial charge in [-0.25, -0.2) is 4.39 Å². The first-order valence-corrected chi connectivity index (χ1v) is 12.4. The third-order valence-corrected chi connectivity index (χ3v) is 6.99. The van der Waals surface area contributed by atoms with Gasteiger partial charge < -0.3 is 31.0 Å². The van der Waals surface area contributed by atoms with Crippen LogP contribution in [0, 0.1) is 16.6 Å². The molecular weight excluding hydrogens is 485 g/mol. The lowest BCUT2D eigenvalue weighted by Crippen LogP contribution is -2.39. The minimum atomic E-state index is -0.444. The van der Waals surface area contributed by atoms with Crippen LogP contribution in [0.25, 0.3) is 34.1 Å². The van der Waals surface area contributed by atoms with Gasteiger partial charge in [-0.05, 0) is 59.4 Å². The van der Waals surface area contributed by atoms with E-state index in [0.717, 1.165) is 34.4 Å². The van der Waals surface area contributed by atoms with Crippen molar-refractivity contribution < 1.29 is 8.81 Å². The molecule has 10 nitrogen and oxygen atoms in total. The Morgan fingerprint density at radius 3 is 1.87 bits per heavy atom. The second kappa shape index (κ2) is 10.4. The van der Waals surface area contributed by atoms with Crippen LogP contribution in [0.2, 0.25) is 0 Å². The predicted molar refractivity (Wildman–Crippen MR) is 147 cm³/mol. The van der Waals surface area contributed by atoms with Crippen molar-refractivity contribution in [3.8, 4) is 22.9 Å². The molecule has 1 aromatic heterocycles. The lowest BCUT2D eigenvalue weighted by molar-refractivity contribution is 0.451. The Balaban J connectivity index is 1.36. The van der Waals surface area contributed by atoms with E-state index in [1.165, 1.54) is 11.6 Å². The van der Waals surface area contributed by atoms with Crippen LogP contribution in [0.15, 0.2) is 53.0 Å². The number of rotatable bonds is 5. The molecule has 0 saturated heterocycles. The molecular formula is C27H30FN9O. The number of nitrogens with two attached hydrogens (primary N) is 2. The zero-order valence-corrected chi connectivity index (χ0v) is 21.1. The van der Waals surface area contributed by atoms with Gasteiger partial charge in [0, 0.05) is 38.9 Å². The standard InChI is InChI=1S/C27H30FN9O/c1-33-23-15-19(17-8-12-37(13-9-17)27(31)32)3-5-21(23)25-35-34-24(38-25)20-4-2-18(14-22(20)28)16-6-10-36(11-7-16)26(29)30/h2-6,8,14-15,33H,7,9-13H2,1H3,(H3,29,30)(H3,31,32). The summed E-state index contributed by atoms with van der Waals surface area (Å²) in [5.41, 5.74) is 17.0. The van der Waals surface area contributed by atoms with E-state index in [4.69, 9.17) is 26.7 Å². The fourth-order valence-electron chi connectivity index (χ4n) is 4.77. The molecule has 0 amide bonds. The van der Waals surface area contributed by atoms with Crippen molar-refractivity contribution in [1.82, 2.24) is 20.0 Å². The molecule has 0 saturated carbocycles. The number of anilines is 1. The molecule has 0 spiro atoms. The summed E-state index contributed by atoms with van der Waals surface area (Å²) in [6, 6.07) is 10.9. The smallest absolute Gasteiger partial charge is 0.251 e. The second-order valence-corrected chi connectivity index (χ2v) is 9.24. The molecule has 3 heterocycles. The molecule has 11 heteroatoms. The maximum absolute atomic E-state index is 15.1. The quantitative estimate of drug-likeness (QED) is 0.255. The summed E-state index contributed by atoms with van der Waals surface area (Å²) >= 11 is 0. The van der Waals surface area contributed by atoms with Crippen LogP contribution < -0.4 is 16.8 Å². The summed E-state index contributed by atoms with van der Waals surface area (Å²) in [5, 5.41) is 26.7. The van der Waals surface area contributed by atoms with Crippen LogP contribution in [0.3, 0.4) is 0 Å².